The molecule has 9 heteroatoms. The van der Waals surface area contributed by atoms with Gasteiger partial charge in [0, 0.05) is 44.5 Å². The number of anilines is 2. The molecule has 162 valence electrons. The summed E-state index contributed by atoms with van der Waals surface area (Å²) in [5.74, 6) is 0. The first-order valence-electron chi connectivity index (χ1n) is 9.90. The number of hydrogen-bond acceptors (Lipinski definition) is 6. The van der Waals surface area contributed by atoms with Gasteiger partial charge in [-0.1, -0.05) is 39.0 Å². The van der Waals surface area contributed by atoms with Gasteiger partial charge in [0.2, 0.25) is 10.0 Å². The van der Waals surface area contributed by atoms with E-state index in [0.717, 1.165) is 5.69 Å². The Morgan fingerprint density at radius 2 is 1.67 bits per heavy atom. The quantitative estimate of drug-likeness (QED) is 0.554. The molecule has 0 amide bonds. The fraction of sp³-hybridized carbons (Fsp3) is 0.429. The molecule has 0 spiro atoms. The van der Waals surface area contributed by atoms with Gasteiger partial charge >= 0.3 is 0 Å². The molecular formula is C21H28N4O4S. The second-order valence-electron chi connectivity index (χ2n) is 8.58. The molecule has 0 aromatic heterocycles. The number of rotatable bonds is 6. The number of piperazine rings is 1. The summed E-state index contributed by atoms with van der Waals surface area (Å²) in [5, 5.41) is 14.6. The topological polar surface area (TPSA) is 95.8 Å². The maximum atomic E-state index is 12.8. The van der Waals surface area contributed by atoms with Gasteiger partial charge in [-0.25, -0.2) is 8.42 Å². The highest BCUT2D eigenvalue weighted by Gasteiger charge is 2.29. The molecule has 2 aromatic rings. The van der Waals surface area contributed by atoms with E-state index in [2.05, 4.69) is 31.0 Å². The number of nitrogens with zero attached hydrogens (tertiary/aromatic N) is 3. The van der Waals surface area contributed by atoms with Gasteiger partial charge in [-0.2, -0.15) is 4.31 Å². The molecule has 30 heavy (non-hydrogen) atoms. The molecule has 1 aliphatic rings. The highest BCUT2D eigenvalue weighted by atomic mass is 32.2. The normalized spacial score (nSPS) is 15.8. The van der Waals surface area contributed by atoms with Crippen LogP contribution in [0.4, 0.5) is 17.1 Å². The smallest absolute Gasteiger partial charge is 0.292 e. The minimum absolute atomic E-state index is 0.0265. The fourth-order valence-corrected chi connectivity index (χ4v) is 4.75. The van der Waals surface area contributed by atoms with Gasteiger partial charge < -0.3 is 10.2 Å². The predicted octanol–water partition coefficient (Wildman–Crippen LogP) is 3.56. The van der Waals surface area contributed by atoms with Crippen molar-refractivity contribution in [1.29, 1.82) is 0 Å². The van der Waals surface area contributed by atoms with Crippen molar-refractivity contribution in [3.63, 3.8) is 0 Å². The molecule has 0 bridgehead atoms. The zero-order valence-electron chi connectivity index (χ0n) is 17.5. The minimum atomic E-state index is -3.51. The second kappa shape index (κ2) is 8.61. The summed E-state index contributed by atoms with van der Waals surface area (Å²) >= 11 is 0. The third kappa shape index (κ3) is 5.09. The molecule has 1 fully saturated rings. The molecule has 0 saturated carbocycles. The Morgan fingerprint density at radius 1 is 1.03 bits per heavy atom. The molecular weight excluding hydrogens is 404 g/mol. The molecule has 1 N–H and O–H groups in total. The third-order valence-electron chi connectivity index (χ3n) is 4.97. The lowest BCUT2D eigenvalue weighted by Crippen LogP contribution is -2.48. The van der Waals surface area contributed by atoms with Crippen LogP contribution in [0.25, 0.3) is 0 Å². The SMILES string of the molecule is CC(C)(C)CNc1cc(N2CCN(S(=O)(=O)c3ccccc3)CC2)ccc1[N+](=O)[O-]. The summed E-state index contributed by atoms with van der Waals surface area (Å²) in [7, 11) is -3.51. The van der Waals surface area contributed by atoms with Crippen molar-refractivity contribution in [2.45, 2.75) is 25.7 Å². The van der Waals surface area contributed by atoms with Gasteiger partial charge in [-0.15, -0.1) is 0 Å². The van der Waals surface area contributed by atoms with Crippen molar-refractivity contribution in [1.82, 2.24) is 4.31 Å². The van der Waals surface area contributed by atoms with E-state index < -0.39 is 10.0 Å². The van der Waals surface area contributed by atoms with Crippen molar-refractivity contribution in [3.8, 4) is 0 Å². The summed E-state index contributed by atoms with van der Waals surface area (Å²) in [6, 6.07) is 13.4. The second-order valence-corrected chi connectivity index (χ2v) is 10.5. The van der Waals surface area contributed by atoms with E-state index in [9.17, 15) is 18.5 Å². The van der Waals surface area contributed by atoms with Crippen LogP contribution in [0.15, 0.2) is 53.4 Å². The van der Waals surface area contributed by atoms with Gasteiger partial charge in [-0.3, -0.25) is 10.1 Å². The van der Waals surface area contributed by atoms with Crippen LogP contribution >= 0.6 is 0 Å². The van der Waals surface area contributed by atoms with E-state index in [-0.39, 0.29) is 16.0 Å². The molecule has 2 aromatic carbocycles. The minimum Gasteiger partial charge on any atom is -0.379 e. The van der Waals surface area contributed by atoms with E-state index in [1.54, 1.807) is 42.5 Å². The van der Waals surface area contributed by atoms with Gasteiger partial charge in [0.1, 0.15) is 5.69 Å². The van der Waals surface area contributed by atoms with Crippen molar-refractivity contribution < 1.29 is 13.3 Å². The Hall–Kier alpha value is -2.65. The molecule has 3 rings (SSSR count). The first-order valence-corrected chi connectivity index (χ1v) is 11.3. The number of nitrogens with one attached hydrogen (secondary N) is 1. The first-order chi connectivity index (χ1) is 14.1. The molecule has 1 aliphatic heterocycles. The highest BCUT2D eigenvalue weighted by Crippen LogP contribution is 2.31. The molecule has 0 radical (unpaired) electrons. The van der Waals surface area contributed by atoms with Crippen LogP contribution in [0.5, 0.6) is 0 Å². The van der Waals surface area contributed by atoms with E-state index >= 15 is 0 Å². The van der Waals surface area contributed by atoms with E-state index in [1.807, 2.05) is 0 Å². The average molecular weight is 433 g/mol. The van der Waals surface area contributed by atoms with Crippen LogP contribution in [0, 0.1) is 15.5 Å². The first kappa shape index (κ1) is 22.0. The van der Waals surface area contributed by atoms with Crippen LogP contribution in [-0.2, 0) is 10.0 Å². The molecule has 0 unspecified atom stereocenters. The summed E-state index contributed by atoms with van der Waals surface area (Å²) < 4.78 is 27.1. The van der Waals surface area contributed by atoms with E-state index in [1.165, 1.54) is 10.4 Å². The lowest BCUT2D eigenvalue weighted by atomic mass is 9.97. The number of nitro benzene ring substituents is 1. The van der Waals surface area contributed by atoms with Gasteiger partial charge in [-0.05, 0) is 29.7 Å². The van der Waals surface area contributed by atoms with Gasteiger partial charge in [0.15, 0.2) is 0 Å². The lowest BCUT2D eigenvalue weighted by Gasteiger charge is -2.35. The number of benzene rings is 2. The third-order valence-corrected chi connectivity index (χ3v) is 6.88. The van der Waals surface area contributed by atoms with Crippen molar-refractivity contribution in [2.75, 3.05) is 42.9 Å². The van der Waals surface area contributed by atoms with Crippen LogP contribution in [0.2, 0.25) is 0 Å². The Labute approximate surface area is 177 Å². The zero-order valence-corrected chi connectivity index (χ0v) is 18.4. The maximum absolute atomic E-state index is 12.8. The summed E-state index contributed by atoms with van der Waals surface area (Å²) in [4.78, 5) is 13.4. The van der Waals surface area contributed by atoms with Crippen molar-refractivity contribution in [2.24, 2.45) is 5.41 Å². The van der Waals surface area contributed by atoms with Crippen LogP contribution < -0.4 is 10.2 Å². The van der Waals surface area contributed by atoms with E-state index in [0.29, 0.717) is 43.3 Å². The Bertz CT molecular complexity index is 995. The maximum Gasteiger partial charge on any atom is 0.292 e. The number of hydrogen-bond donors (Lipinski definition) is 1. The van der Waals surface area contributed by atoms with Crippen molar-refractivity contribution in [3.05, 3.63) is 58.6 Å². The molecule has 0 aliphatic carbocycles. The van der Waals surface area contributed by atoms with Gasteiger partial charge in [0.25, 0.3) is 5.69 Å². The standard InChI is InChI=1S/C21H28N4O4S/c1-21(2,3)16-22-19-15-17(9-10-20(19)25(26)27)23-11-13-24(14-12-23)30(28,29)18-7-5-4-6-8-18/h4-10,15,22H,11-14,16H2,1-3H3. The lowest BCUT2D eigenvalue weighted by molar-refractivity contribution is -0.384. The molecule has 1 heterocycles. The van der Waals surface area contributed by atoms with Gasteiger partial charge in [0.05, 0.1) is 9.82 Å². The summed E-state index contributed by atoms with van der Waals surface area (Å²) in [6.07, 6.45) is 0. The molecule has 8 nitrogen and oxygen atoms in total. The number of nitro groups is 1. The Morgan fingerprint density at radius 3 is 2.23 bits per heavy atom. The highest BCUT2D eigenvalue weighted by molar-refractivity contribution is 7.89. The van der Waals surface area contributed by atoms with Crippen molar-refractivity contribution >= 4 is 27.1 Å². The van der Waals surface area contributed by atoms with Crippen LogP contribution in [0.1, 0.15) is 20.8 Å². The summed E-state index contributed by atoms with van der Waals surface area (Å²) in [5.41, 5.74) is 1.33. The predicted molar refractivity (Wildman–Crippen MR) is 118 cm³/mol. The van der Waals surface area contributed by atoms with E-state index in [4.69, 9.17) is 0 Å². The zero-order chi connectivity index (χ0) is 21.9. The van der Waals surface area contributed by atoms with Crippen LogP contribution in [0.3, 0.4) is 0 Å². The summed E-state index contributed by atoms with van der Waals surface area (Å²) in [6.45, 7) is 8.52. The average Bonchev–Trinajstić information content (AvgIpc) is 2.72. The Kier molecular flexibility index (Phi) is 6.33. The fourth-order valence-electron chi connectivity index (χ4n) is 3.31. The number of sulfonamides is 1. The Balaban J connectivity index is 1.74. The molecule has 0 atom stereocenters. The largest absolute Gasteiger partial charge is 0.379 e. The molecule has 1 saturated heterocycles. The van der Waals surface area contributed by atoms with Crippen LogP contribution in [-0.4, -0.2) is 50.4 Å². The monoisotopic (exact) mass is 432 g/mol.